The fourth-order valence-corrected chi connectivity index (χ4v) is 2.69. The second-order valence-corrected chi connectivity index (χ2v) is 6.18. The maximum Gasteiger partial charge on any atom is 0.161 e. The summed E-state index contributed by atoms with van der Waals surface area (Å²) in [5, 5.41) is 0. The summed E-state index contributed by atoms with van der Waals surface area (Å²) >= 11 is 0. The van der Waals surface area contributed by atoms with Gasteiger partial charge in [0.2, 0.25) is 0 Å². The van der Waals surface area contributed by atoms with Crippen molar-refractivity contribution in [3.05, 3.63) is 23.8 Å². The molecule has 22 heavy (non-hydrogen) atoms. The molecule has 0 aliphatic heterocycles. The molecule has 1 rings (SSSR count). The van der Waals surface area contributed by atoms with Crippen LogP contribution in [0.4, 0.5) is 0 Å². The molecule has 3 nitrogen and oxygen atoms in total. The number of ether oxygens (including phenoxy) is 3. The molecular weight excluding hydrogens is 276 g/mol. The van der Waals surface area contributed by atoms with E-state index in [1.54, 1.807) is 14.2 Å². The first-order chi connectivity index (χ1) is 10.6. The summed E-state index contributed by atoms with van der Waals surface area (Å²) in [5.74, 6) is 3.07. The van der Waals surface area contributed by atoms with Crippen LogP contribution in [-0.2, 0) is 11.2 Å². The van der Waals surface area contributed by atoms with E-state index in [-0.39, 0.29) is 0 Å². The summed E-state index contributed by atoms with van der Waals surface area (Å²) < 4.78 is 16.3. The van der Waals surface area contributed by atoms with Crippen molar-refractivity contribution in [3.63, 3.8) is 0 Å². The van der Waals surface area contributed by atoms with Crippen LogP contribution in [0.5, 0.6) is 11.5 Å². The van der Waals surface area contributed by atoms with Crippen molar-refractivity contribution < 1.29 is 14.2 Å². The molecule has 0 aliphatic rings. The van der Waals surface area contributed by atoms with Crippen LogP contribution in [0.3, 0.4) is 0 Å². The SMILES string of the molecule is CCCC(Cc1ccc(OC)c(OCCCOC)c1)C(C)C. The van der Waals surface area contributed by atoms with Gasteiger partial charge < -0.3 is 14.2 Å². The van der Waals surface area contributed by atoms with Gasteiger partial charge in [0.15, 0.2) is 11.5 Å². The maximum absolute atomic E-state index is 5.87. The van der Waals surface area contributed by atoms with Gasteiger partial charge in [-0.15, -0.1) is 0 Å². The van der Waals surface area contributed by atoms with E-state index in [0.29, 0.717) is 19.1 Å². The third-order valence-electron chi connectivity index (χ3n) is 4.08. The van der Waals surface area contributed by atoms with Crippen molar-refractivity contribution in [2.45, 2.75) is 46.5 Å². The van der Waals surface area contributed by atoms with Gasteiger partial charge in [-0.2, -0.15) is 0 Å². The zero-order chi connectivity index (χ0) is 16.4. The Labute approximate surface area is 136 Å². The number of rotatable bonds is 11. The van der Waals surface area contributed by atoms with Crippen LogP contribution in [0.25, 0.3) is 0 Å². The molecule has 0 saturated heterocycles. The van der Waals surface area contributed by atoms with E-state index in [1.165, 1.54) is 18.4 Å². The number of methoxy groups -OCH3 is 2. The Morgan fingerprint density at radius 1 is 1.05 bits per heavy atom. The van der Waals surface area contributed by atoms with Crippen LogP contribution >= 0.6 is 0 Å². The average molecular weight is 308 g/mol. The molecule has 0 aliphatic carbocycles. The van der Waals surface area contributed by atoms with Crippen molar-refractivity contribution in [2.75, 3.05) is 27.4 Å². The first kappa shape index (κ1) is 18.8. The molecule has 0 radical (unpaired) electrons. The Morgan fingerprint density at radius 2 is 1.82 bits per heavy atom. The van der Waals surface area contributed by atoms with E-state index in [9.17, 15) is 0 Å². The molecule has 0 spiro atoms. The average Bonchev–Trinajstić information content (AvgIpc) is 2.51. The largest absolute Gasteiger partial charge is 0.493 e. The lowest BCUT2D eigenvalue weighted by Gasteiger charge is -2.21. The zero-order valence-corrected chi connectivity index (χ0v) is 14.9. The van der Waals surface area contributed by atoms with E-state index in [1.807, 2.05) is 6.07 Å². The summed E-state index contributed by atoms with van der Waals surface area (Å²) in [6, 6.07) is 6.31. The molecule has 0 N–H and O–H groups in total. The highest BCUT2D eigenvalue weighted by molar-refractivity contribution is 5.43. The first-order valence-electron chi connectivity index (χ1n) is 8.41. The number of benzene rings is 1. The van der Waals surface area contributed by atoms with Gasteiger partial charge in [-0.25, -0.2) is 0 Å². The fourth-order valence-electron chi connectivity index (χ4n) is 2.69. The van der Waals surface area contributed by atoms with Crippen LogP contribution in [-0.4, -0.2) is 27.4 Å². The Morgan fingerprint density at radius 3 is 2.41 bits per heavy atom. The smallest absolute Gasteiger partial charge is 0.161 e. The van der Waals surface area contributed by atoms with Gasteiger partial charge >= 0.3 is 0 Å². The molecule has 3 heteroatoms. The minimum Gasteiger partial charge on any atom is -0.493 e. The van der Waals surface area contributed by atoms with Crippen molar-refractivity contribution in [1.29, 1.82) is 0 Å². The molecule has 1 atom stereocenters. The molecule has 1 aromatic rings. The third kappa shape index (κ3) is 6.27. The lowest BCUT2D eigenvalue weighted by Crippen LogP contribution is -2.12. The monoisotopic (exact) mass is 308 g/mol. The van der Waals surface area contributed by atoms with Gasteiger partial charge in [-0.1, -0.05) is 39.7 Å². The zero-order valence-electron chi connectivity index (χ0n) is 14.9. The summed E-state index contributed by atoms with van der Waals surface area (Å²) in [4.78, 5) is 0. The summed E-state index contributed by atoms with van der Waals surface area (Å²) in [5.41, 5.74) is 1.33. The minimum absolute atomic E-state index is 0.649. The molecule has 126 valence electrons. The molecule has 0 bridgehead atoms. The lowest BCUT2D eigenvalue weighted by molar-refractivity contribution is 0.170. The highest BCUT2D eigenvalue weighted by Gasteiger charge is 2.14. The van der Waals surface area contributed by atoms with E-state index < -0.39 is 0 Å². The third-order valence-corrected chi connectivity index (χ3v) is 4.08. The molecule has 0 amide bonds. The van der Waals surface area contributed by atoms with E-state index in [4.69, 9.17) is 14.2 Å². The second-order valence-electron chi connectivity index (χ2n) is 6.18. The Hall–Kier alpha value is -1.22. The summed E-state index contributed by atoms with van der Waals surface area (Å²) in [6.45, 7) is 8.25. The lowest BCUT2D eigenvalue weighted by atomic mass is 9.86. The van der Waals surface area contributed by atoms with Crippen molar-refractivity contribution in [1.82, 2.24) is 0 Å². The van der Waals surface area contributed by atoms with E-state index >= 15 is 0 Å². The highest BCUT2D eigenvalue weighted by Crippen LogP contribution is 2.31. The number of hydrogen-bond donors (Lipinski definition) is 0. The minimum atomic E-state index is 0.649. The van der Waals surface area contributed by atoms with Crippen LogP contribution in [0.15, 0.2) is 18.2 Å². The van der Waals surface area contributed by atoms with E-state index in [0.717, 1.165) is 30.3 Å². The van der Waals surface area contributed by atoms with Crippen molar-refractivity contribution >= 4 is 0 Å². The van der Waals surface area contributed by atoms with Crippen LogP contribution < -0.4 is 9.47 Å². The quantitative estimate of drug-likeness (QED) is 0.553. The van der Waals surface area contributed by atoms with Gasteiger partial charge in [0.1, 0.15) is 0 Å². The van der Waals surface area contributed by atoms with Crippen LogP contribution in [0.1, 0.15) is 45.6 Å². The molecule has 1 aromatic carbocycles. The van der Waals surface area contributed by atoms with Crippen LogP contribution in [0, 0.1) is 11.8 Å². The fraction of sp³-hybridized carbons (Fsp3) is 0.684. The molecule has 0 aromatic heterocycles. The van der Waals surface area contributed by atoms with Gasteiger partial charge in [0.25, 0.3) is 0 Å². The predicted molar refractivity (Wildman–Crippen MR) is 91.9 cm³/mol. The van der Waals surface area contributed by atoms with Crippen molar-refractivity contribution in [2.24, 2.45) is 11.8 Å². The molecular formula is C19H32O3. The predicted octanol–water partition coefficient (Wildman–Crippen LogP) is 4.73. The number of hydrogen-bond acceptors (Lipinski definition) is 3. The topological polar surface area (TPSA) is 27.7 Å². The normalized spacial score (nSPS) is 12.5. The molecule has 1 unspecified atom stereocenters. The maximum atomic E-state index is 5.87. The molecule has 0 saturated carbocycles. The highest BCUT2D eigenvalue weighted by atomic mass is 16.5. The van der Waals surface area contributed by atoms with Crippen molar-refractivity contribution in [3.8, 4) is 11.5 Å². The summed E-state index contributed by atoms with van der Waals surface area (Å²) in [6.07, 6.45) is 4.49. The Kier molecular flexibility index (Phi) is 8.98. The summed E-state index contributed by atoms with van der Waals surface area (Å²) in [7, 11) is 3.39. The first-order valence-corrected chi connectivity index (χ1v) is 8.41. The molecule has 0 heterocycles. The standard InChI is InChI=1S/C19H32O3/c1-6-8-17(15(2)3)13-16-9-10-18(21-5)19(14-16)22-12-7-11-20-4/h9-10,14-15,17H,6-8,11-13H2,1-5H3. The Bertz CT molecular complexity index is 415. The van der Waals surface area contributed by atoms with Gasteiger partial charge in [0, 0.05) is 20.1 Å². The van der Waals surface area contributed by atoms with E-state index in [2.05, 4.69) is 32.9 Å². The Balaban J connectivity index is 2.75. The molecule has 0 fully saturated rings. The second kappa shape index (κ2) is 10.5. The van der Waals surface area contributed by atoms with Gasteiger partial charge in [0.05, 0.1) is 13.7 Å². The van der Waals surface area contributed by atoms with Crippen LogP contribution in [0.2, 0.25) is 0 Å². The van der Waals surface area contributed by atoms with Gasteiger partial charge in [-0.05, 0) is 36.0 Å². The van der Waals surface area contributed by atoms with Gasteiger partial charge in [-0.3, -0.25) is 0 Å².